The van der Waals surface area contributed by atoms with Crippen LogP contribution in [0.25, 0.3) is 0 Å². The van der Waals surface area contributed by atoms with Gasteiger partial charge >= 0.3 is 6.18 Å². The Morgan fingerprint density at radius 1 is 1.33 bits per heavy atom. The van der Waals surface area contributed by atoms with Gasteiger partial charge in [0.15, 0.2) is 0 Å². The first-order valence-corrected chi connectivity index (χ1v) is 6.82. The highest BCUT2D eigenvalue weighted by Gasteiger charge is 2.27. The molecule has 0 amide bonds. The SMILES string of the molecule is CSCc1ccc(CNCCOCC(F)(F)F)o1. The second-order valence-electron chi connectivity index (χ2n) is 3.65. The van der Waals surface area contributed by atoms with Crippen LogP contribution in [0.3, 0.4) is 0 Å². The lowest BCUT2D eigenvalue weighted by Gasteiger charge is -2.07. The van der Waals surface area contributed by atoms with Gasteiger partial charge in [-0.25, -0.2) is 0 Å². The number of halogens is 3. The number of hydrogen-bond donors (Lipinski definition) is 1. The van der Waals surface area contributed by atoms with Crippen LogP contribution < -0.4 is 5.32 Å². The van der Waals surface area contributed by atoms with Crippen LogP contribution in [-0.2, 0) is 17.0 Å². The molecule has 3 nitrogen and oxygen atoms in total. The first-order valence-electron chi connectivity index (χ1n) is 5.43. The molecule has 0 aliphatic rings. The zero-order valence-electron chi connectivity index (χ0n) is 10.0. The van der Waals surface area contributed by atoms with Gasteiger partial charge < -0.3 is 14.5 Å². The van der Waals surface area contributed by atoms with Gasteiger partial charge in [-0.3, -0.25) is 0 Å². The molecule has 0 aromatic carbocycles. The van der Waals surface area contributed by atoms with Gasteiger partial charge in [0.25, 0.3) is 0 Å². The summed E-state index contributed by atoms with van der Waals surface area (Å²) in [4.78, 5) is 0. The molecule has 0 unspecified atom stereocenters. The molecule has 0 bridgehead atoms. The average Bonchev–Trinajstić information content (AvgIpc) is 2.70. The third-order valence-electron chi connectivity index (χ3n) is 1.99. The van der Waals surface area contributed by atoms with Crippen LogP contribution >= 0.6 is 11.8 Å². The van der Waals surface area contributed by atoms with Crippen LogP contribution in [0, 0.1) is 0 Å². The molecular weight excluding hydrogens is 267 g/mol. The number of alkyl halides is 3. The monoisotopic (exact) mass is 283 g/mol. The van der Waals surface area contributed by atoms with E-state index in [-0.39, 0.29) is 6.61 Å². The highest BCUT2D eigenvalue weighted by Crippen LogP contribution is 2.14. The lowest BCUT2D eigenvalue weighted by atomic mass is 10.4. The van der Waals surface area contributed by atoms with Gasteiger partial charge in [0.2, 0.25) is 0 Å². The normalized spacial score (nSPS) is 12.0. The Bertz CT molecular complexity index is 341. The molecule has 0 saturated heterocycles. The van der Waals surface area contributed by atoms with Crippen molar-refractivity contribution >= 4 is 11.8 Å². The smallest absolute Gasteiger partial charge is 0.411 e. The van der Waals surface area contributed by atoms with Crippen molar-refractivity contribution in [2.75, 3.05) is 26.0 Å². The number of rotatable bonds is 8. The Morgan fingerprint density at radius 3 is 2.72 bits per heavy atom. The summed E-state index contributed by atoms with van der Waals surface area (Å²) in [5.74, 6) is 2.48. The molecule has 1 heterocycles. The van der Waals surface area contributed by atoms with Crippen molar-refractivity contribution in [2.45, 2.75) is 18.5 Å². The first kappa shape index (κ1) is 15.4. The van der Waals surface area contributed by atoms with Crippen molar-refractivity contribution < 1.29 is 22.3 Å². The molecule has 0 atom stereocenters. The highest BCUT2D eigenvalue weighted by atomic mass is 32.2. The molecule has 0 aliphatic carbocycles. The highest BCUT2D eigenvalue weighted by molar-refractivity contribution is 7.97. The third kappa shape index (κ3) is 6.93. The molecule has 1 aromatic rings. The number of thioether (sulfide) groups is 1. The number of furan rings is 1. The van der Waals surface area contributed by atoms with E-state index < -0.39 is 12.8 Å². The Kier molecular flexibility index (Phi) is 6.59. The summed E-state index contributed by atoms with van der Waals surface area (Å²) in [6.45, 7) is -0.330. The number of ether oxygens (including phenoxy) is 1. The molecule has 18 heavy (non-hydrogen) atoms. The van der Waals surface area contributed by atoms with E-state index in [1.165, 1.54) is 0 Å². The van der Waals surface area contributed by atoms with Gasteiger partial charge in [-0.1, -0.05) is 0 Å². The maximum absolute atomic E-state index is 11.7. The summed E-state index contributed by atoms with van der Waals surface area (Å²) in [6.07, 6.45) is -2.27. The lowest BCUT2D eigenvalue weighted by Crippen LogP contribution is -2.23. The maximum Gasteiger partial charge on any atom is 0.411 e. The van der Waals surface area contributed by atoms with E-state index in [1.807, 2.05) is 18.4 Å². The van der Waals surface area contributed by atoms with E-state index in [2.05, 4.69) is 10.1 Å². The molecule has 0 spiro atoms. The second kappa shape index (κ2) is 7.70. The van der Waals surface area contributed by atoms with Crippen LogP contribution in [0.1, 0.15) is 11.5 Å². The second-order valence-corrected chi connectivity index (χ2v) is 4.51. The van der Waals surface area contributed by atoms with Gasteiger partial charge in [0.1, 0.15) is 18.1 Å². The molecule has 7 heteroatoms. The molecule has 0 saturated carbocycles. The van der Waals surface area contributed by atoms with Crippen LogP contribution in [0.5, 0.6) is 0 Å². The Hall–Kier alpha value is -0.660. The van der Waals surface area contributed by atoms with Gasteiger partial charge in [-0.2, -0.15) is 24.9 Å². The third-order valence-corrected chi connectivity index (χ3v) is 2.57. The minimum atomic E-state index is -4.26. The van der Waals surface area contributed by atoms with E-state index in [0.717, 1.165) is 17.3 Å². The zero-order chi connectivity index (χ0) is 13.4. The van der Waals surface area contributed by atoms with Crippen LogP contribution in [0.4, 0.5) is 13.2 Å². The zero-order valence-corrected chi connectivity index (χ0v) is 10.9. The fraction of sp³-hybridized carbons (Fsp3) is 0.636. The molecule has 1 N–H and O–H groups in total. The van der Waals surface area contributed by atoms with Crippen LogP contribution in [0.2, 0.25) is 0 Å². The molecule has 0 radical (unpaired) electrons. The summed E-state index contributed by atoms with van der Waals surface area (Å²) in [7, 11) is 0. The summed E-state index contributed by atoms with van der Waals surface area (Å²) in [6, 6.07) is 3.75. The fourth-order valence-electron chi connectivity index (χ4n) is 1.28. The Morgan fingerprint density at radius 2 is 2.06 bits per heavy atom. The lowest BCUT2D eigenvalue weighted by molar-refractivity contribution is -0.173. The van der Waals surface area contributed by atoms with E-state index in [4.69, 9.17) is 4.42 Å². The van der Waals surface area contributed by atoms with Crippen molar-refractivity contribution in [1.82, 2.24) is 5.32 Å². The largest absolute Gasteiger partial charge is 0.464 e. The van der Waals surface area contributed by atoms with Crippen molar-refractivity contribution in [2.24, 2.45) is 0 Å². The van der Waals surface area contributed by atoms with Gasteiger partial charge in [-0.05, 0) is 18.4 Å². The quantitative estimate of drug-likeness (QED) is 0.744. The molecular formula is C11H16F3NO2S. The fourth-order valence-corrected chi connectivity index (χ4v) is 1.72. The molecule has 0 fully saturated rings. The Labute approximate surface area is 108 Å². The minimum Gasteiger partial charge on any atom is -0.464 e. The van der Waals surface area contributed by atoms with Gasteiger partial charge in [0.05, 0.1) is 18.9 Å². The summed E-state index contributed by atoms with van der Waals surface area (Å²) < 4.78 is 45.2. The first-order chi connectivity index (χ1) is 8.51. The predicted molar refractivity (Wildman–Crippen MR) is 64.5 cm³/mol. The van der Waals surface area contributed by atoms with Gasteiger partial charge in [0, 0.05) is 6.54 Å². The molecule has 104 valence electrons. The van der Waals surface area contributed by atoms with E-state index in [9.17, 15) is 13.2 Å². The summed E-state index contributed by atoms with van der Waals surface area (Å²) >= 11 is 1.66. The Balaban J connectivity index is 2.07. The standard InChI is InChI=1S/C11H16F3NO2S/c1-18-7-10-3-2-9(17-10)6-15-4-5-16-8-11(12,13)14/h2-3,15H,4-8H2,1H3. The van der Waals surface area contributed by atoms with E-state index in [1.54, 1.807) is 11.8 Å². The van der Waals surface area contributed by atoms with Crippen LogP contribution in [-0.4, -0.2) is 32.2 Å². The van der Waals surface area contributed by atoms with Crippen molar-refractivity contribution in [3.05, 3.63) is 23.7 Å². The predicted octanol–water partition coefficient (Wildman–Crippen LogP) is 2.81. The number of hydrogen-bond acceptors (Lipinski definition) is 4. The summed E-state index contributed by atoms with van der Waals surface area (Å²) in [5.41, 5.74) is 0. The van der Waals surface area contributed by atoms with Crippen molar-refractivity contribution in [3.63, 3.8) is 0 Å². The topological polar surface area (TPSA) is 34.4 Å². The summed E-state index contributed by atoms with van der Waals surface area (Å²) in [5, 5.41) is 2.95. The minimum absolute atomic E-state index is 0.0257. The average molecular weight is 283 g/mol. The van der Waals surface area contributed by atoms with Crippen molar-refractivity contribution in [1.29, 1.82) is 0 Å². The van der Waals surface area contributed by atoms with Crippen LogP contribution in [0.15, 0.2) is 16.5 Å². The van der Waals surface area contributed by atoms with Crippen molar-refractivity contribution in [3.8, 4) is 0 Å². The number of nitrogens with one attached hydrogen (secondary N) is 1. The molecule has 1 rings (SSSR count). The van der Waals surface area contributed by atoms with E-state index in [0.29, 0.717) is 13.1 Å². The molecule has 0 aliphatic heterocycles. The van der Waals surface area contributed by atoms with E-state index >= 15 is 0 Å². The maximum atomic E-state index is 11.7. The molecule has 1 aromatic heterocycles. The van der Waals surface area contributed by atoms with Gasteiger partial charge in [-0.15, -0.1) is 0 Å².